The van der Waals surface area contributed by atoms with Crippen LogP contribution in [0.15, 0.2) is 24.3 Å². The van der Waals surface area contributed by atoms with Crippen molar-refractivity contribution in [3.63, 3.8) is 0 Å². The lowest BCUT2D eigenvalue weighted by molar-refractivity contribution is -0.182. The van der Waals surface area contributed by atoms with Gasteiger partial charge in [-0.25, -0.2) is 4.79 Å². The third kappa shape index (κ3) is 1.23. The van der Waals surface area contributed by atoms with Crippen LogP contribution in [0.1, 0.15) is 18.9 Å². The number of benzene rings is 1. The van der Waals surface area contributed by atoms with Crippen molar-refractivity contribution in [3.05, 3.63) is 29.8 Å². The fourth-order valence-corrected chi connectivity index (χ4v) is 4.25. The number of alkyl halides is 2. The van der Waals surface area contributed by atoms with Crippen LogP contribution in [0, 0.1) is 0 Å². The number of esters is 1. The fourth-order valence-electron chi connectivity index (χ4n) is 3.19. The zero-order valence-corrected chi connectivity index (χ0v) is 12.4. The fraction of sp³-hybridized carbons (Fsp3) is 0.429. The predicted octanol–water partition coefficient (Wildman–Crippen LogP) is 2.40. The van der Waals surface area contributed by atoms with Gasteiger partial charge in [0.05, 0.1) is 0 Å². The van der Waals surface area contributed by atoms with Gasteiger partial charge in [0.1, 0.15) is 10.6 Å². The molecule has 6 heteroatoms. The van der Waals surface area contributed by atoms with E-state index in [9.17, 15) is 9.59 Å². The van der Waals surface area contributed by atoms with Crippen molar-refractivity contribution < 1.29 is 19.1 Å². The summed E-state index contributed by atoms with van der Waals surface area (Å²) < 4.78 is 10.6. The third-order valence-electron chi connectivity index (χ3n) is 4.30. The van der Waals surface area contributed by atoms with Crippen LogP contribution < -0.4 is 4.74 Å². The summed E-state index contributed by atoms with van der Waals surface area (Å²) in [4.78, 5) is 21.3. The molecule has 1 aromatic rings. The van der Waals surface area contributed by atoms with Crippen molar-refractivity contribution in [1.29, 1.82) is 0 Å². The van der Waals surface area contributed by atoms with Crippen LogP contribution in [0.25, 0.3) is 0 Å². The Morgan fingerprint density at radius 3 is 2.60 bits per heavy atom. The number of ketones is 1. The molecule has 1 heterocycles. The molecule has 0 radical (unpaired) electrons. The van der Waals surface area contributed by atoms with Gasteiger partial charge in [-0.2, -0.15) is 0 Å². The second-order valence-electron chi connectivity index (χ2n) is 5.11. The van der Waals surface area contributed by atoms with Crippen LogP contribution >= 0.6 is 23.2 Å². The predicted molar refractivity (Wildman–Crippen MR) is 73.2 cm³/mol. The van der Waals surface area contributed by atoms with Gasteiger partial charge in [0, 0.05) is 19.1 Å². The Balaban J connectivity index is 2.30. The molecule has 0 saturated heterocycles. The van der Waals surface area contributed by atoms with Gasteiger partial charge >= 0.3 is 5.97 Å². The number of ether oxygens (including phenoxy) is 2. The van der Waals surface area contributed by atoms with Crippen molar-refractivity contribution >= 4 is 35.0 Å². The second kappa shape index (κ2) is 3.97. The summed E-state index contributed by atoms with van der Waals surface area (Å²) in [7, 11) is 1.39. The van der Waals surface area contributed by atoms with Crippen molar-refractivity contribution in [2.45, 2.75) is 28.7 Å². The van der Waals surface area contributed by atoms with E-state index in [1.807, 2.05) is 0 Å². The van der Waals surface area contributed by atoms with E-state index in [0.717, 1.165) is 0 Å². The highest BCUT2D eigenvalue weighted by Gasteiger charge is 2.82. The van der Waals surface area contributed by atoms with Gasteiger partial charge in [-0.3, -0.25) is 4.79 Å². The first kappa shape index (κ1) is 13.9. The quantitative estimate of drug-likeness (QED) is 0.478. The number of para-hydroxylation sites is 1. The van der Waals surface area contributed by atoms with E-state index in [4.69, 9.17) is 32.7 Å². The molecule has 4 nitrogen and oxygen atoms in total. The van der Waals surface area contributed by atoms with Gasteiger partial charge in [-0.05, 0) is 13.0 Å². The Morgan fingerprint density at radius 2 is 2.00 bits per heavy atom. The minimum atomic E-state index is -1.50. The molecule has 1 aliphatic heterocycles. The van der Waals surface area contributed by atoms with Crippen molar-refractivity contribution in [1.82, 2.24) is 0 Å². The minimum Gasteiger partial charge on any atom is -0.425 e. The number of halogens is 2. The second-order valence-corrected chi connectivity index (χ2v) is 6.32. The Hall–Kier alpha value is -1.10. The normalized spacial score (nSPS) is 38.3. The summed E-state index contributed by atoms with van der Waals surface area (Å²) in [5.74, 6) is -0.608. The molecule has 1 aliphatic carbocycles. The first-order chi connectivity index (χ1) is 9.33. The van der Waals surface area contributed by atoms with Crippen molar-refractivity contribution in [2.75, 3.05) is 7.11 Å². The molecule has 106 valence electrons. The highest BCUT2D eigenvalue weighted by molar-refractivity contribution is 6.46. The Bertz CT molecular complexity index is 631. The standard InChI is InChI=1S/C14H12Cl2O4/c1-8(17)13(19-2)7-12(15)11(18)20-10-6-4-3-5-9(10)14(12,13)16/h3-6H,7H2,1-2H3/t12-,13-,14+/m1/s1. The van der Waals surface area contributed by atoms with Crippen LogP contribution in [-0.2, 0) is 19.2 Å². The monoisotopic (exact) mass is 314 g/mol. The van der Waals surface area contributed by atoms with Crippen LogP contribution in [0.2, 0.25) is 0 Å². The average molecular weight is 315 g/mol. The van der Waals surface area contributed by atoms with Gasteiger partial charge in [-0.15, -0.1) is 23.2 Å². The number of rotatable bonds is 2. The lowest BCUT2D eigenvalue weighted by Crippen LogP contribution is -2.79. The number of Topliss-reactive ketones (excluding diaryl/α,β-unsaturated/α-hetero) is 1. The van der Waals surface area contributed by atoms with Gasteiger partial charge in [0.2, 0.25) is 0 Å². The number of methoxy groups -OCH3 is 1. The summed E-state index contributed by atoms with van der Waals surface area (Å²) in [6.07, 6.45) is -0.00986. The molecule has 1 aromatic carbocycles. The van der Waals surface area contributed by atoms with Crippen LogP contribution in [0.5, 0.6) is 5.75 Å². The van der Waals surface area contributed by atoms with Gasteiger partial charge in [-0.1, -0.05) is 18.2 Å². The number of hydrogen-bond donors (Lipinski definition) is 0. The molecule has 1 saturated carbocycles. The molecular weight excluding hydrogens is 303 g/mol. The first-order valence-electron chi connectivity index (χ1n) is 6.09. The molecule has 0 aromatic heterocycles. The number of fused-ring (bicyclic) bond motifs is 3. The first-order valence-corrected chi connectivity index (χ1v) is 6.85. The maximum Gasteiger partial charge on any atom is 0.335 e. The third-order valence-corrected chi connectivity index (χ3v) is 5.80. The molecule has 20 heavy (non-hydrogen) atoms. The molecule has 1 fully saturated rings. The summed E-state index contributed by atoms with van der Waals surface area (Å²) in [5.41, 5.74) is -0.828. The van der Waals surface area contributed by atoms with Crippen LogP contribution in [0.4, 0.5) is 0 Å². The van der Waals surface area contributed by atoms with Crippen molar-refractivity contribution in [3.8, 4) is 5.75 Å². The molecule has 3 atom stereocenters. The largest absolute Gasteiger partial charge is 0.425 e. The highest BCUT2D eigenvalue weighted by atomic mass is 35.5. The van der Waals surface area contributed by atoms with E-state index >= 15 is 0 Å². The molecular formula is C14H12Cl2O4. The molecule has 0 unspecified atom stereocenters. The van der Waals surface area contributed by atoms with E-state index in [1.165, 1.54) is 14.0 Å². The highest BCUT2D eigenvalue weighted by Crippen LogP contribution is 2.69. The van der Waals surface area contributed by atoms with Crippen LogP contribution in [0.3, 0.4) is 0 Å². The Labute approximate surface area is 125 Å². The molecule has 0 bridgehead atoms. The summed E-state index contributed by atoms with van der Waals surface area (Å²) in [6.45, 7) is 1.38. The van der Waals surface area contributed by atoms with Gasteiger partial charge < -0.3 is 9.47 Å². The minimum absolute atomic E-state index is 0.00986. The lowest BCUT2D eigenvalue weighted by atomic mass is 9.54. The maximum atomic E-state index is 12.2. The summed E-state index contributed by atoms with van der Waals surface area (Å²) in [6, 6.07) is 6.78. The topological polar surface area (TPSA) is 52.6 Å². The van der Waals surface area contributed by atoms with E-state index in [-0.39, 0.29) is 12.2 Å². The smallest absolute Gasteiger partial charge is 0.335 e. The Morgan fingerprint density at radius 1 is 1.35 bits per heavy atom. The van der Waals surface area contributed by atoms with Gasteiger partial charge in [0.25, 0.3) is 0 Å². The summed E-state index contributed by atoms with van der Waals surface area (Å²) in [5, 5.41) is 0. The Kier molecular flexibility index (Phi) is 2.75. The molecule has 0 spiro atoms. The molecule has 0 N–H and O–H groups in total. The van der Waals surface area contributed by atoms with E-state index in [1.54, 1.807) is 24.3 Å². The van der Waals surface area contributed by atoms with Crippen molar-refractivity contribution in [2.24, 2.45) is 0 Å². The molecule has 0 amide bonds. The molecule has 2 aliphatic rings. The van der Waals surface area contributed by atoms with Crippen LogP contribution in [-0.4, -0.2) is 29.3 Å². The number of hydrogen-bond acceptors (Lipinski definition) is 4. The lowest BCUT2D eigenvalue weighted by Gasteiger charge is -2.63. The van der Waals surface area contributed by atoms with E-state index in [2.05, 4.69) is 0 Å². The zero-order chi connectivity index (χ0) is 14.8. The number of carbonyl (C=O) groups excluding carboxylic acids is 2. The SMILES string of the molecule is CO[C@@]1(C(C)=O)C[C@@]2(Cl)C(=O)Oc3ccccc3[C@]21Cl. The van der Waals surface area contributed by atoms with Gasteiger partial charge in [0.15, 0.2) is 16.3 Å². The van der Waals surface area contributed by atoms with E-state index in [0.29, 0.717) is 11.3 Å². The van der Waals surface area contributed by atoms with E-state index < -0.39 is 21.3 Å². The summed E-state index contributed by atoms with van der Waals surface area (Å²) >= 11 is 13.1. The molecule has 3 rings (SSSR count). The maximum absolute atomic E-state index is 12.2. The number of carbonyl (C=O) groups is 2. The average Bonchev–Trinajstić information content (AvgIpc) is 2.42. The zero-order valence-electron chi connectivity index (χ0n) is 10.9.